The third kappa shape index (κ3) is 6.54. The first-order chi connectivity index (χ1) is 14.8. The van der Waals surface area contributed by atoms with Crippen molar-refractivity contribution in [3.8, 4) is 11.5 Å². The van der Waals surface area contributed by atoms with Crippen LogP contribution < -0.4 is 10.1 Å². The summed E-state index contributed by atoms with van der Waals surface area (Å²) in [6, 6.07) is 18.1. The molecule has 0 spiro atoms. The van der Waals surface area contributed by atoms with Crippen LogP contribution in [-0.4, -0.2) is 23.1 Å². The topological polar surface area (TPSA) is 60.5 Å². The molecular weight excluding hydrogens is 412 g/mol. The highest BCUT2D eigenvalue weighted by molar-refractivity contribution is 6.32. The number of hydrogen-bond acceptors (Lipinski definition) is 4. The Morgan fingerprint density at radius 1 is 1.06 bits per heavy atom. The van der Waals surface area contributed by atoms with Crippen molar-refractivity contribution in [3.05, 3.63) is 82.6 Å². The lowest BCUT2D eigenvalue weighted by Crippen LogP contribution is -2.18. The minimum absolute atomic E-state index is 0.0624. The molecule has 1 heterocycles. The molecular formula is C25H27ClN2O3. The van der Waals surface area contributed by atoms with Crippen LogP contribution in [0.25, 0.3) is 0 Å². The van der Waals surface area contributed by atoms with Gasteiger partial charge in [0.05, 0.1) is 28.5 Å². The van der Waals surface area contributed by atoms with Gasteiger partial charge in [-0.15, -0.1) is 0 Å². The van der Waals surface area contributed by atoms with E-state index in [-0.39, 0.29) is 18.1 Å². The maximum Gasteiger partial charge on any atom is 0.257 e. The molecule has 1 aromatic heterocycles. The van der Waals surface area contributed by atoms with Crippen molar-refractivity contribution in [1.29, 1.82) is 0 Å². The van der Waals surface area contributed by atoms with Gasteiger partial charge in [-0.1, -0.05) is 29.8 Å². The van der Waals surface area contributed by atoms with Crippen molar-refractivity contribution in [1.82, 2.24) is 4.98 Å². The second-order valence-electron chi connectivity index (χ2n) is 7.65. The Morgan fingerprint density at radius 2 is 1.84 bits per heavy atom. The largest absolute Gasteiger partial charge is 0.456 e. The molecule has 162 valence electrons. The number of amides is 1. The zero-order chi connectivity index (χ0) is 22.4. The van der Waals surface area contributed by atoms with Crippen molar-refractivity contribution in [2.75, 3.05) is 5.32 Å². The molecule has 1 N–H and O–H groups in total. The van der Waals surface area contributed by atoms with Crippen LogP contribution in [0.3, 0.4) is 0 Å². The number of carbonyl (C=O) groups is 1. The van der Waals surface area contributed by atoms with E-state index in [0.717, 1.165) is 5.69 Å². The highest BCUT2D eigenvalue weighted by atomic mass is 35.5. The standard InChI is InChI=1S/C25H27ClN2O3/c1-16(2)30-17(3)14-20-12-13-22(18(4)27-20)25(29)28-19-8-7-9-21(15-19)31-24-11-6-5-10-23(24)26/h5-13,15-17H,14H2,1-4H3,(H,28,29). The first kappa shape index (κ1) is 22.8. The highest BCUT2D eigenvalue weighted by Gasteiger charge is 2.14. The minimum Gasteiger partial charge on any atom is -0.456 e. The van der Waals surface area contributed by atoms with Crippen molar-refractivity contribution >= 4 is 23.2 Å². The van der Waals surface area contributed by atoms with Crippen LogP contribution in [0, 0.1) is 6.92 Å². The molecule has 31 heavy (non-hydrogen) atoms. The minimum atomic E-state index is -0.224. The second kappa shape index (κ2) is 10.4. The molecule has 0 fully saturated rings. The van der Waals surface area contributed by atoms with Crippen LogP contribution in [0.15, 0.2) is 60.7 Å². The molecule has 1 atom stereocenters. The monoisotopic (exact) mass is 438 g/mol. The molecule has 3 aromatic rings. The lowest BCUT2D eigenvalue weighted by molar-refractivity contribution is 0.0190. The van der Waals surface area contributed by atoms with Crippen molar-refractivity contribution < 1.29 is 14.3 Å². The summed E-state index contributed by atoms with van der Waals surface area (Å²) in [5, 5.41) is 3.43. The van der Waals surface area contributed by atoms with Gasteiger partial charge in [-0.2, -0.15) is 0 Å². The maximum atomic E-state index is 12.8. The van der Waals surface area contributed by atoms with E-state index < -0.39 is 0 Å². The average Bonchev–Trinajstić information content (AvgIpc) is 2.69. The predicted molar refractivity (Wildman–Crippen MR) is 124 cm³/mol. The molecule has 0 bridgehead atoms. The Bertz CT molecular complexity index is 1050. The summed E-state index contributed by atoms with van der Waals surface area (Å²) in [7, 11) is 0. The summed E-state index contributed by atoms with van der Waals surface area (Å²) in [4.78, 5) is 17.4. The Kier molecular flexibility index (Phi) is 7.66. The van der Waals surface area contributed by atoms with Crippen LogP contribution in [0.1, 0.15) is 42.5 Å². The summed E-state index contributed by atoms with van der Waals surface area (Å²) in [5.74, 6) is 0.909. The van der Waals surface area contributed by atoms with Crippen LogP contribution >= 0.6 is 11.6 Å². The Balaban J connectivity index is 1.68. The third-order valence-electron chi connectivity index (χ3n) is 4.55. The van der Waals surface area contributed by atoms with E-state index in [1.54, 1.807) is 36.4 Å². The maximum absolute atomic E-state index is 12.8. The lowest BCUT2D eigenvalue weighted by Gasteiger charge is -2.16. The van der Waals surface area contributed by atoms with Gasteiger partial charge in [0.15, 0.2) is 0 Å². The zero-order valence-corrected chi connectivity index (χ0v) is 18.9. The summed E-state index contributed by atoms with van der Waals surface area (Å²) in [5.41, 5.74) is 2.73. The van der Waals surface area contributed by atoms with E-state index in [1.807, 2.05) is 52.0 Å². The van der Waals surface area contributed by atoms with Gasteiger partial charge in [0, 0.05) is 23.9 Å². The number of rotatable bonds is 8. The van der Waals surface area contributed by atoms with Gasteiger partial charge in [0.1, 0.15) is 11.5 Å². The van der Waals surface area contributed by atoms with E-state index in [9.17, 15) is 4.79 Å². The van der Waals surface area contributed by atoms with Gasteiger partial charge >= 0.3 is 0 Å². The van der Waals surface area contributed by atoms with Crippen molar-refractivity contribution in [2.45, 2.75) is 46.3 Å². The zero-order valence-electron chi connectivity index (χ0n) is 18.2. The fourth-order valence-corrected chi connectivity index (χ4v) is 3.44. The Hall–Kier alpha value is -2.89. The molecule has 6 heteroatoms. The highest BCUT2D eigenvalue weighted by Crippen LogP contribution is 2.30. The fraction of sp³-hybridized carbons (Fsp3) is 0.280. The number of aromatic nitrogens is 1. The van der Waals surface area contributed by atoms with E-state index in [4.69, 9.17) is 21.1 Å². The number of anilines is 1. The normalized spacial score (nSPS) is 11.9. The van der Waals surface area contributed by atoms with E-state index >= 15 is 0 Å². The average molecular weight is 439 g/mol. The Labute approximate surface area is 188 Å². The molecule has 0 radical (unpaired) electrons. The fourth-order valence-electron chi connectivity index (χ4n) is 3.26. The number of nitrogens with one attached hydrogen (secondary N) is 1. The molecule has 2 aromatic carbocycles. The summed E-state index contributed by atoms with van der Waals surface area (Å²) in [6.07, 6.45) is 0.925. The van der Waals surface area contributed by atoms with Crippen LogP contribution in [-0.2, 0) is 11.2 Å². The summed E-state index contributed by atoms with van der Waals surface area (Å²) < 4.78 is 11.6. The second-order valence-corrected chi connectivity index (χ2v) is 8.06. The molecule has 0 aliphatic rings. The summed E-state index contributed by atoms with van der Waals surface area (Å²) >= 11 is 6.15. The van der Waals surface area contributed by atoms with Gasteiger partial charge < -0.3 is 14.8 Å². The van der Waals surface area contributed by atoms with Gasteiger partial charge in [-0.25, -0.2) is 0 Å². The van der Waals surface area contributed by atoms with E-state index in [0.29, 0.717) is 39.9 Å². The number of pyridine rings is 1. The van der Waals surface area contributed by atoms with Crippen LogP contribution in [0.2, 0.25) is 5.02 Å². The van der Waals surface area contributed by atoms with Crippen molar-refractivity contribution in [3.63, 3.8) is 0 Å². The Morgan fingerprint density at radius 3 is 2.55 bits per heavy atom. The number of halogens is 1. The molecule has 1 amide bonds. The van der Waals surface area contributed by atoms with E-state index in [2.05, 4.69) is 10.3 Å². The first-order valence-corrected chi connectivity index (χ1v) is 10.7. The number of carbonyl (C=O) groups excluding carboxylic acids is 1. The number of ether oxygens (including phenoxy) is 2. The third-order valence-corrected chi connectivity index (χ3v) is 4.86. The molecule has 1 unspecified atom stereocenters. The molecule has 5 nitrogen and oxygen atoms in total. The molecule has 0 saturated heterocycles. The van der Waals surface area contributed by atoms with Crippen LogP contribution in [0.5, 0.6) is 11.5 Å². The quantitative estimate of drug-likeness (QED) is 0.439. The predicted octanol–water partition coefficient (Wildman–Crippen LogP) is 6.44. The van der Waals surface area contributed by atoms with Gasteiger partial charge in [-0.3, -0.25) is 9.78 Å². The summed E-state index contributed by atoms with van der Waals surface area (Å²) in [6.45, 7) is 7.88. The van der Waals surface area contributed by atoms with Crippen molar-refractivity contribution in [2.24, 2.45) is 0 Å². The number of benzene rings is 2. The van der Waals surface area contributed by atoms with Gasteiger partial charge in [0.25, 0.3) is 5.91 Å². The first-order valence-electron chi connectivity index (χ1n) is 10.3. The molecule has 0 saturated carbocycles. The van der Waals surface area contributed by atoms with Crippen LogP contribution in [0.4, 0.5) is 5.69 Å². The number of para-hydroxylation sites is 1. The van der Waals surface area contributed by atoms with E-state index in [1.165, 1.54) is 0 Å². The number of hydrogen-bond donors (Lipinski definition) is 1. The molecule has 0 aliphatic heterocycles. The molecule has 0 aliphatic carbocycles. The number of aryl methyl sites for hydroxylation is 1. The van der Waals surface area contributed by atoms with Gasteiger partial charge in [0.2, 0.25) is 0 Å². The van der Waals surface area contributed by atoms with Gasteiger partial charge in [-0.05, 0) is 64.1 Å². The smallest absolute Gasteiger partial charge is 0.257 e. The number of nitrogens with zero attached hydrogens (tertiary/aromatic N) is 1. The SMILES string of the molecule is Cc1nc(CC(C)OC(C)C)ccc1C(=O)Nc1cccc(Oc2ccccc2Cl)c1. The molecule has 3 rings (SSSR count). The lowest BCUT2D eigenvalue weighted by atomic mass is 10.1.